The van der Waals surface area contributed by atoms with Crippen molar-refractivity contribution in [3.63, 3.8) is 0 Å². The highest BCUT2D eigenvalue weighted by atomic mass is 16.3. The Morgan fingerprint density at radius 3 is 2.81 bits per heavy atom. The number of likely N-dealkylation sites (tertiary alicyclic amines) is 1. The van der Waals surface area contributed by atoms with Crippen molar-refractivity contribution < 1.29 is 19.1 Å². The van der Waals surface area contributed by atoms with Crippen molar-refractivity contribution in [1.82, 2.24) is 19.8 Å². The van der Waals surface area contributed by atoms with Crippen molar-refractivity contribution in [2.75, 3.05) is 19.6 Å². The van der Waals surface area contributed by atoms with Crippen LogP contribution in [0, 0.1) is 13.8 Å². The average Bonchev–Trinajstić information content (AvgIpc) is 3.19. The molecule has 27 heavy (non-hydrogen) atoms. The Balaban J connectivity index is 1.53. The third-order valence-electron chi connectivity index (χ3n) is 5.01. The number of aromatic nitrogens is 2. The first-order chi connectivity index (χ1) is 12.9. The molecule has 0 aliphatic carbocycles. The first-order valence-corrected chi connectivity index (χ1v) is 9.17. The van der Waals surface area contributed by atoms with Gasteiger partial charge in [-0.1, -0.05) is 0 Å². The van der Waals surface area contributed by atoms with E-state index in [4.69, 9.17) is 4.42 Å². The third kappa shape index (κ3) is 4.77. The van der Waals surface area contributed by atoms with Gasteiger partial charge in [-0.3, -0.25) is 9.59 Å². The van der Waals surface area contributed by atoms with E-state index in [2.05, 4.69) is 10.3 Å². The Bertz CT molecular complexity index is 799. The van der Waals surface area contributed by atoms with Crippen LogP contribution < -0.4 is 5.32 Å². The summed E-state index contributed by atoms with van der Waals surface area (Å²) in [5.74, 6) is 0.993. The molecule has 8 heteroatoms. The molecule has 146 valence electrons. The number of imidazole rings is 1. The van der Waals surface area contributed by atoms with Gasteiger partial charge < -0.3 is 24.3 Å². The van der Waals surface area contributed by atoms with Gasteiger partial charge in [-0.2, -0.15) is 0 Å². The minimum absolute atomic E-state index is 0.00535. The molecule has 1 aliphatic heterocycles. The summed E-state index contributed by atoms with van der Waals surface area (Å²) in [5, 5.41) is 13.7. The highest BCUT2D eigenvalue weighted by Crippen LogP contribution is 2.22. The van der Waals surface area contributed by atoms with Gasteiger partial charge in [0.2, 0.25) is 5.91 Å². The molecule has 0 unspecified atom stereocenters. The lowest BCUT2D eigenvalue weighted by Gasteiger charge is -2.27. The molecule has 1 fully saturated rings. The smallest absolute Gasteiger partial charge is 0.254 e. The molecule has 2 aromatic heterocycles. The molecule has 1 aliphatic rings. The van der Waals surface area contributed by atoms with Crippen LogP contribution in [-0.4, -0.2) is 56.6 Å². The first-order valence-electron chi connectivity index (χ1n) is 9.17. The van der Waals surface area contributed by atoms with Gasteiger partial charge in [0.1, 0.15) is 18.1 Å². The predicted molar refractivity (Wildman–Crippen MR) is 98.1 cm³/mol. The highest BCUT2D eigenvalue weighted by molar-refractivity contribution is 5.95. The minimum Gasteiger partial charge on any atom is -0.466 e. The molecule has 3 heterocycles. The van der Waals surface area contributed by atoms with E-state index >= 15 is 0 Å². The molecule has 2 amide bonds. The monoisotopic (exact) mass is 374 g/mol. The van der Waals surface area contributed by atoms with Crippen LogP contribution in [0.25, 0.3) is 0 Å². The van der Waals surface area contributed by atoms with Gasteiger partial charge in [0.25, 0.3) is 5.91 Å². The normalized spacial score (nSPS) is 20.3. The number of carbonyl (C=O) groups excluding carboxylic acids is 2. The number of amides is 2. The summed E-state index contributed by atoms with van der Waals surface area (Å²) in [4.78, 5) is 30.5. The second-order valence-corrected chi connectivity index (χ2v) is 7.20. The number of aliphatic hydroxyl groups is 1. The van der Waals surface area contributed by atoms with Crippen LogP contribution in [0.2, 0.25) is 0 Å². The molecule has 0 radical (unpaired) electrons. The molecular formula is C19H26N4O4. The van der Waals surface area contributed by atoms with E-state index in [0.29, 0.717) is 49.4 Å². The molecule has 2 aromatic rings. The Hall–Kier alpha value is -2.61. The van der Waals surface area contributed by atoms with Crippen LogP contribution >= 0.6 is 0 Å². The summed E-state index contributed by atoms with van der Waals surface area (Å²) in [6.07, 6.45) is 6.65. The van der Waals surface area contributed by atoms with Crippen LogP contribution in [0.5, 0.6) is 0 Å². The molecular weight excluding hydrogens is 348 g/mol. The van der Waals surface area contributed by atoms with Crippen LogP contribution in [0.4, 0.5) is 0 Å². The van der Waals surface area contributed by atoms with Crippen LogP contribution in [0.15, 0.2) is 29.2 Å². The Labute approximate surface area is 158 Å². The molecule has 8 nitrogen and oxygen atoms in total. The fourth-order valence-electron chi connectivity index (χ4n) is 3.44. The first kappa shape index (κ1) is 19.2. The average molecular weight is 374 g/mol. The molecule has 1 atom stereocenters. The second kappa shape index (κ2) is 7.96. The number of rotatable bonds is 5. The standard InChI is InChI=1S/C19H26N4O4/c1-14-10-16(15(2)27-14)18(25)21-12-19(26)4-3-7-23(8-5-19)17(24)11-22-9-6-20-13-22/h6,9-10,13,26H,3-5,7-8,11-12H2,1-2H3,(H,21,25)/t19-/m0/s1. The maximum atomic E-state index is 12.4. The zero-order chi connectivity index (χ0) is 19.4. The Morgan fingerprint density at radius 2 is 2.15 bits per heavy atom. The summed E-state index contributed by atoms with van der Waals surface area (Å²) < 4.78 is 7.11. The number of furan rings is 1. The van der Waals surface area contributed by atoms with Crippen molar-refractivity contribution in [3.05, 3.63) is 41.9 Å². The number of nitrogens with one attached hydrogen (secondary N) is 1. The van der Waals surface area contributed by atoms with E-state index in [1.807, 2.05) is 0 Å². The van der Waals surface area contributed by atoms with Gasteiger partial charge >= 0.3 is 0 Å². The van der Waals surface area contributed by atoms with Crippen molar-refractivity contribution in [2.24, 2.45) is 0 Å². The van der Waals surface area contributed by atoms with Gasteiger partial charge in [-0.05, 0) is 39.2 Å². The maximum Gasteiger partial charge on any atom is 0.254 e. The van der Waals surface area contributed by atoms with E-state index in [0.717, 1.165) is 0 Å². The number of nitrogens with zero attached hydrogens (tertiary/aromatic N) is 3. The molecule has 2 N–H and O–H groups in total. The molecule has 1 saturated heterocycles. The molecule has 0 spiro atoms. The van der Waals surface area contributed by atoms with E-state index in [-0.39, 0.29) is 24.9 Å². The lowest BCUT2D eigenvalue weighted by molar-refractivity contribution is -0.131. The summed E-state index contributed by atoms with van der Waals surface area (Å²) in [5.41, 5.74) is -0.534. The molecule has 3 rings (SSSR count). The van der Waals surface area contributed by atoms with E-state index < -0.39 is 5.60 Å². The number of hydrogen-bond acceptors (Lipinski definition) is 5. The lowest BCUT2D eigenvalue weighted by atomic mass is 9.95. The Morgan fingerprint density at radius 1 is 1.33 bits per heavy atom. The zero-order valence-corrected chi connectivity index (χ0v) is 15.8. The van der Waals surface area contributed by atoms with Crippen LogP contribution in [0.3, 0.4) is 0 Å². The number of hydrogen-bond donors (Lipinski definition) is 2. The van der Waals surface area contributed by atoms with Crippen LogP contribution in [0.1, 0.15) is 41.1 Å². The van der Waals surface area contributed by atoms with Gasteiger partial charge in [-0.15, -0.1) is 0 Å². The fraction of sp³-hybridized carbons (Fsp3) is 0.526. The maximum absolute atomic E-state index is 12.4. The van der Waals surface area contributed by atoms with Gasteiger partial charge in [-0.25, -0.2) is 4.98 Å². The van der Waals surface area contributed by atoms with Crippen molar-refractivity contribution in [3.8, 4) is 0 Å². The van der Waals surface area contributed by atoms with E-state index in [9.17, 15) is 14.7 Å². The Kier molecular flexibility index (Phi) is 5.65. The topological polar surface area (TPSA) is 101 Å². The molecule has 0 saturated carbocycles. The molecule has 0 bridgehead atoms. The van der Waals surface area contributed by atoms with E-state index in [1.165, 1.54) is 0 Å². The fourth-order valence-corrected chi connectivity index (χ4v) is 3.44. The quantitative estimate of drug-likeness (QED) is 0.821. The van der Waals surface area contributed by atoms with E-state index in [1.54, 1.807) is 48.1 Å². The minimum atomic E-state index is -1.02. The second-order valence-electron chi connectivity index (χ2n) is 7.20. The summed E-state index contributed by atoms with van der Waals surface area (Å²) in [7, 11) is 0. The molecule has 0 aromatic carbocycles. The predicted octanol–water partition coefficient (Wildman–Crippen LogP) is 1.27. The number of carbonyl (C=O) groups is 2. The summed E-state index contributed by atoms with van der Waals surface area (Å²) in [6.45, 7) is 4.99. The van der Waals surface area contributed by atoms with Gasteiger partial charge in [0.15, 0.2) is 0 Å². The van der Waals surface area contributed by atoms with Crippen molar-refractivity contribution in [2.45, 2.75) is 45.3 Å². The SMILES string of the molecule is Cc1cc(C(=O)NC[C@]2(O)CCCN(C(=O)Cn3ccnc3)CC2)c(C)o1. The zero-order valence-electron chi connectivity index (χ0n) is 15.8. The lowest BCUT2D eigenvalue weighted by Crippen LogP contribution is -2.44. The largest absolute Gasteiger partial charge is 0.466 e. The number of aryl methyl sites for hydroxylation is 2. The van der Waals surface area contributed by atoms with Crippen molar-refractivity contribution in [1.29, 1.82) is 0 Å². The summed E-state index contributed by atoms with van der Waals surface area (Å²) >= 11 is 0. The van der Waals surface area contributed by atoms with Crippen molar-refractivity contribution >= 4 is 11.8 Å². The summed E-state index contributed by atoms with van der Waals surface area (Å²) in [6, 6.07) is 1.69. The highest BCUT2D eigenvalue weighted by Gasteiger charge is 2.32. The third-order valence-corrected chi connectivity index (χ3v) is 5.01. The van der Waals surface area contributed by atoms with Crippen LogP contribution in [-0.2, 0) is 11.3 Å². The van der Waals surface area contributed by atoms with Gasteiger partial charge in [0, 0.05) is 32.0 Å². The van der Waals surface area contributed by atoms with Gasteiger partial charge in [0.05, 0.1) is 17.5 Å².